The van der Waals surface area contributed by atoms with Crippen LogP contribution in [0.5, 0.6) is 0 Å². The maximum absolute atomic E-state index is 12.8. The number of nitrogens with one attached hydrogen (secondary N) is 1. The number of amides is 2. The normalized spacial score (nSPS) is 11.8. The number of carbonyl (C=O) groups is 2. The van der Waals surface area contributed by atoms with Crippen LogP contribution in [0.3, 0.4) is 0 Å². The lowest BCUT2D eigenvalue weighted by molar-refractivity contribution is 0.0118. The van der Waals surface area contributed by atoms with Crippen LogP contribution in [0.1, 0.15) is 51.9 Å². The number of rotatable bonds is 1. The molecule has 1 aromatic rings. The molecule has 0 spiro atoms. The van der Waals surface area contributed by atoms with Gasteiger partial charge in [-0.2, -0.15) is 0 Å². The average Bonchev–Trinajstić information content (AvgIpc) is 2.31. The standard InChI is InChI=1S/C16H22Cl2N2O3/c1-15(2,3)20(19-14(22)23-16(4,5)6)13(21)11-8-7-10(17)9-12(11)18/h7-9H,1-6H3,(H,19,22). The van der Waals surface area contributed by atoms with E-state index in [2.05, 4.69) is 5.43 Å². The fourth-order valence-corrected chi connectivity index (χ4v) is 2.19. The van der Waals surface area contributed by atoms with E-state index in [0.29, 0.717) is 5.02 Å². The van der Waals surface area contributed by atoms with Gasteiger partial charge < -0.3 is 4.74 Å². The Hall–Kier alpha value is -1.46. The summed E-state index contributed by atoms with van der Waals surface area (Å²) in [5.74, 6) is -0.454. The number of hydrogen-bond donors (Lipinski definition) is 1. The molecule has 0 fully saturated rings. The van der Waals surface area contributed by atoms with Crippen LogP contribution < -0.4 is 5.43 Å². The summed E-state index contributed by atoms with van der Waals surface area (Å²) in [7, 11) is 0. The van der Waals surface area contributed by atoms with E-state index in [1.165, 1.54) is 17.1 Å². The first-order valence-electron chi connectivity index (χ1n) is 7.10. The van der Waals surface area contributed by atoms with E-state index in [1.54, 1.807) is 47.6 Å². The smallest absolute Gasteiger partial charge is 0.426 e. The van der Waals surface area contributed by atoms with Crippen LogP contribution >= 0.6 is 23.2 Å². The van der Waals surface area contributed by atoms with E-state index in [-0.39, 0.29) is 10.6 Å². The predicted molar refractivity (Wildman–Crippen MR) is 91.8 cm³/mol. The lowest BCUT2D eigenvalue weighted by Crippen LogP contribution is -2.56. The lowest BCUT2D eigenvalue weighted by atomic mass is 10.1. The highest BCUT2D eigenvalue weighted by atomic mass is 35.5. The molecule has 5 nitrogen and oxygen atoms in total. The van der Waals surface area contributed by atoms with Gasteiger partial charge in [-0.05, 0) is 59.7 Å². The molecule has 0 aliphatic carbocycles. The first-order valence-corrected chi connectivity index (χ1v) is 7.86. The van der Waals surface area contributed by atoms with Gasteiger partial charge in [0, 0.05) is 5.02 Å². The topological polar surface area (TPSA) is 58.6 Å². The third-order valence-corrected chi connectivity index (χ3v) is 3.19. The van der Waals surface area contributed by atoms with Crippen molar-refractivity contribution >= 4 is 35.2 Å². The molecule has 0 saturated heterocycles. The van der Waals surface area contributed by atoms with Gasteiger partial charge in [0.05, 0.1) is 16.1 Å². The molecule has 0 heterocycles. The summed E-state index contributed by atoms with van der Waals surface area (Å²) >= 11 is 11.9. The zero-order chi connectivity index (χ0) is 18.0. The molecule has 1 rings (SSSR count). The van der Waals surface area contributed by atoms with E-state index in [9.17, 15) is 9.59 Å². The van der Waals surface area contributed by atoms with Crippen molar-refractivity contribution in [3.63, 3.8) is 0 Å². The van der Waals surface area contributed by atoms with E-state index in [1.807, 2.05) is 0 Å². The van der Waals surface area contributed by atoms with Gasteiger partial charge in [0.25, 0.3) is 5.91 Å². The Bertz CT molecular complexity index is 604. The van der Waals surface area contributed by atoms with Gasteiger partial charge >= 0.3 is 6.09 Å². The Balaban J connectivity index is 3.07. The number of hydrogen-bond acceptors (Lipinski definition) is 3. The minimum Gasteiger partial charge on any atom is -0.443 e. The number of hydrazine groups is 1. The van der Waals surface area contributed by atoms with Crippen LogP contribution in [-0.2, 0) is 4.74 Å². The molecule has 23 heavy (non-hydrogen) atoms. The van der Waals surface area contributed by atoms with Crippen molar-refractivity contribution in [1.29, 1.82) is 0 Å². The highest BCUT2D eigenvalue weighted by Gasteiger charge is 2.31. The largest absolute Gasteiger partial charge is 0.443 e. The molecule has 128 valence electrons. The summed E-state index contributed by atoms with van der Waals surface area (Å²) in [6, 6.07) is 4.56. The lowest BCUT2D eigenvalue weighted by Gasteiger charge is -2.36. The Morgan fingerprint density at radius 1 is 1.09 bits per heavy atom. The Labute approximate surface area is 146 Å². The van der Waals surface area contributed by atoms with Crippen LogP contribution in [0.15, 0.2) is 18.2 Å². The molecule has 0 aromatic heterocycles. The molecule has 0 bridgehead atoms. The quantitative estimate of drug-likeness (QED) is 0.740. The zero-order valence-corrected chi connectivity index (χ0v) is 15.7. The van der Waals surface area contributed by atoms with Crippen LogP contribution in [-0.4, -0.2) is 28.1 Å². The van der Waals surface area contributed by atoms with E-state index in [4.69, 9.17) is 27.9 Å². The molecule has 2 amide bonds. The fraction of sp³-hybridized carbons (Fsp3) is 0.500. The van der Waals surface area contributed by atoms with Crippen molar-refractivity contribution in [3.8, 4) is 0 Å². The molecule has 0 aliphatic rings. The van der Waals surface area contributed by atoms with Crippen molar-refractivity contribution in [3.05, 3.63) is 33.8 Å². The summed E-state index contributed by atoms with van der Waals surface area (Å²) in [5, 5.41) is 1.83. The SMILES string of the molecule is CC(C)(C)OC(=O)NN(C(=O)c1ccc(Cl)cc1Cl)C(C)(C)C. The Morgan fingerprint density at radius 3 is 2.09 bits per heavy atom. The molecular weight excluding hydrogens is 339 g/mol. The minimum absolute atomic E-state index is 0.211. The number of benzene rings is 1. The van der Waals surface area contributed by atoms with Crippen molar-refractivity contribution in [2.24, 2.45) is 0 Å². The predicted octanol–water partition coefficient (Wildman–Crippen LogP) is 4.67. The summed E-state index contributed by atoms with van der Waals surface area (Å²) in [6.45, 7) is 10.6. The van der Waals surface area contributed by atoms with Gasteiger partial charge in [0.2, 0.25) is 0 Å². The third kappa shape index (κ3) is 5.92. The highest BCUT2D eigenvalue weighted by Crippen LogP contribution is 2.24. The van der Waals surface area contributed by atoms with Crippen LogP contribution in [0, 0.1) is 0 Å². The van der Waals surface area contributed by atoms with Crippen LogP contribution in [0.2, 0.25) is 10.0 Å². The summed E-state index contributed by atoms with van der Waals surface area (Å²) in [6.07, 6.45) is -0.717. The summed E-state index contributed by atoms with van der Waals surface area (Å²) in [5.41, 5.74) is 1.37. The number of ether oxygens (including phenoxy) is 1. The molecule has 0 atom stereocenters. The van der Waals surface area contributed by atoms with Crippen molar-refractivity contribution in [2.45, 2.75) is 52.7 Å². The third-order valence-electron chi connectivity index (χ3n) is 2.64. The van der Waals surface area contributed by atoms with Crippen LogP contribution in [0.4, 0.5) is 4.79 Å². The van der Waals surface area contributed by atoms with Crippen molar-refractivity contribution in [1.82, 2.24) is 10.4 Å². The maximum atomic E-state index is 12.8. The Kier molecular flexibility index (Phi) is 5.94. The molecule has 1 N–H and O–H groups in total. The average molecular weight is 361 g/mol. The monoisotopic (exact) mass is 360 g/mol. The first kappa shape index (κ1) is 19.6. The molecule has 7 heteroatoms. The minimum atomic E-state index is -0.717. The van der Waals surface area contributed by atoms with Crippen LogP contribution in [0.25, 0.3) is 0 Å². The molecular formula is C16H22Cl2N2O3. The first-order chi connectivity index (χ1) is 10.3. The second-order valence-corrected chi connectivity index (χ2v) is 7.89. The molecule has 1 aromatic carbocycles. The van der Waals surface area contributed by atoms with E-state index < -0.39 is 23.1 Å². The summed E-state index contributed by atoms with van der Waals surface area (Å²) < 4.78 is 5.20. The summed E-state index contributed by atoms with van der Waals surface area (Å²) in [4.78, 5) is 24.8. The zero-order valence-electron chi connectivity index (χ0n) is 14.2. The fourth-order valence-electron chi connectivity index (χ4n) is 1.70. The van der Waals surface area contributed by atoms with Gasteiger partial charge in [-0.3, -0.25) is 4.79 Å². The van der Waals surface area contributed by atoms with Gasteiger partial charge in [0.1, 0.15) is 5.60 Å². The molecule has 0 unspecified atom stereocenters. The van der Waals surface area contributed by atoms with Gasteiger partial charge in [-0.25, -0.2) is 15.2 Å². The number of halogens is 2. The van der Waals surface area contributed by atoms with Crippen molar-refractivity contribution in [2.75, 3.05) is 0 Å². The second kappa shape index (κ2) is 6.97. The molecule has 0 radical (unpaired) electrons. The maximum Gasteiger partial charge on any atom is 0.426 e. The second-order valence-electron chi connectivity index (χ2n) is 7.05. The Morgan fingerprint density at radius 2 is 1.65 bits per heavy atom. The highest BCUT2D eigenvalue weighted by molar-refractivity contribution is 6.36. The number of nitrogens with zero attached hydrogens (tertiary/aromatic N) is 1. The van der Waals surface area contributed by atoms with E-state index in [0.717, 1.165) is 0 Å². The van der Waals surface area contributed by atoms with Crippen molar-refractivity contribution < 1.29 is 14.3 Å². The van der Waals surface area contributed by atoms with E-state index >= 15 is 0 Å². The van der Waals surface area contributed by atoms with Gasteiger partial charge in [0.15, 0.2) is 0 Å². The van der Waals surface area contributed by atoms with Gasteiger partial charge in [-0.1, -0.05) is 23.2 Å². The van der Waals surface area contributed by atoms with Gasteiger partial charge in [-0.15, -0.1) is 0 Å². The number of carbonyl (C=O) groups excluding carboxylic acids is 2. The molecule has 0 saturated carbocycles. The molecule has 0 aliphatic heterocycles.